The second-order valence-corrected chi connectivity index (χ2v) is 9.88. The van der Waals surface area contributed by atoms with Crippen LogP contribution in [0, 0.1) is 0 Å². The molecule has 28 heavy (non-hydrogen) atoms. The normalized spacial score (nSPS) is 11.8. The van der Waals surface area contributed by atoms with Crippen LogP contribution in [0.15, 0.2) is 82.6 Å². The second-order valence-electron chi connectivity index (χ2n) is 5.67. The lowest BCUT2D eigenvalue weighted by Gasteiger charge is -2.11. The minimum absolute atomic E-state index is 0.0545. The number of halogens is 2. The molecule has 0 saturated heterocycles. The van der Waals surface area contributed by atoms with Crippen LogP contribution < -0.4 is 9.44 Å². The van der Waals surface area contributed by atoms with Crippen LogP contribution in [0.5, 0.6) is 0 Å². The van der Waals surface area contributed by atoms with Crippen LogP contribution in [0.4, 0.5) is 11.4 Å². The molecular formula is C18H14Cl2N2O4S2. The average molecular weight is 457 g/mol. The molecule has 2 N–H and O–H groups in total. The zero-order valence-corrected chi connectivity index (χ0v) is 17.3. The van der Waals surface area contributed by atoms with E-state index < -0.39 is 20.0 Å². The van der Waals surface area contributed by atoms with E-state index in [0.29, 0.717) is 5.02 Å². The van der Waals surface area contributed by atoms with E-state index in [1.54, 1.807) is 18.2 Å². The Morgan fingerprint density at radius 3 is 1.82 bits per heavy atom. The van der Waals surface area contributed by atoms with Crippen molar-refractivity contribution in [3.05, 3.63) is 82.8 Å². The Morgan fingerprint density at radius 1 is 0.643 bits per heavy atom. The van der Waals surface area contributed by atoms with Gasteiger partial charge in [0.1, 0.15) is 0 Å². The Balaban J connectivity index is 1.80. The van der Waals surface area contributed by atoms with Crippen LogP contribution >= 0.6 is 23.2 Å². The molecule has 0 heterocycles. The fourth-order valence-electron chi connectivity index (χ4n) is 2.29. The Morgan fingerprint density at radius 2 is 1.21 bits per heavy atom. The first-order valence-corrected chi connectivity index (χ1v) is 11.6. The molecule has 0 bridgehead atoms. The molecule has 0 radical (unpaired) electrons. The van der Waals surface area contributed by atoms with Crippen LogP contribution in [-0.2, 0) is 20.0 Å². The van der Waals surface area contributed by atoms with Gasteiger partial charge in [0.05, 0.1) is 20.5 Å². The van der Waals surface area contributed by atoms with E-state index in [9.17, 15) is 16.8 Å². The van der Waals surface area contributed by atoms with Gasteiger partial charge in [-0.15, -0.1) is 0 Å². The van der Waals surface area contributed by atoms with Crippen LogP contribution in [0.2, 0.25) is 10.0 Å². The predicted octanol–water partition coefficient (Wildman–Crippen LogP) is 4.60. The van der Waals surface area contributed by atoms with Gasteiger partial charge in [-0.3, -0.25) is 9.44 Å². The molecule has 3 aromatic rings. The zero-order chi connectivity index (χ0) is 20.4. The van der Waals surface area contributed by atoms with E-state index in [2.05, 4.69) is 9.44 Å². The molecule has 6 nitrogen and oxygen atoms in total. The van der Waals surface area contributed by atoms with Gasteiger partial charge in [0.25, 0.3) is 20.0 Å². The molecule has 0 spiro atoms. The summed E-state index contributed by atoms with van der Waals surface area (Å²) in [4.78, 5) is 0.0481. The third-order valence-electron chi connectivity index (χ3n) is 3.65. The number of benzene rings is 3. The maximum absolute atomic E-state index is 12.5. The summed E-state index contributed by atoms with van der Waals surface area (Å²) in [6.07, 6.45) is 0. The summed E-state index contributed by atoms with van der Waals surface area (Å²) in [6, 6.07) is 17.5. The first-order chi connectivity index (χ1) is 13.2. The molecule has 0 atom stereocenters. The highest BCUT2D eigenvalue weighted by molar-refractivity contribution is 7.93. The number of rotatable bonds is 6. The summed E-state index contributed by atoms with van der Waals surface area (Å²) < 4.78 is 54.4. The molecule has 146 valence electrons. The van der Waals surface area contributed by atoms with E-state index in [1.807, 2.05) is 0 Å². The standard InChI is InChI=1S/C18H14Cl2N2O4S2/c19-13-6-11-18(17(20)12-13)22-28(25,26)16-9-7-14(8-10-16)21-27(23,24)15-4-2-1-3-5-15/h1-12,21-22H. The summed E-state index contributed by atoms with van der Waals surface area (Å²) >= 11 is 11.8. The fraction of sp³-hybridized carbons (Fsp3) is 0. The van der Waals surface area contributed by atoms with E-state index in [1.165, 1.54) is 54.6 Å². The topological polar surface area (TPSA) is 92.3 Å². The van der Waals surface area contributed by atoms with Gasteiger partial charge in [-0.1, -0.05) is 41.4 Å². The molecule has 3 rings (SSSR count). The van der Waals surface area contributed by atoms with Crippen LogP contribution in [-0.4, -0.2) is 16.8 Å². The van der Waals surface area contributed by atoms with Gasteiger partial charge in [0.15, 0.2) is 0 Å². The van der Waals surface area contributed by atoms with Crippen molar-refractivity contribution in [2.24, 2.45) is 0 Å². The summed E-state index contributed by atoms with van der Waals surface area (Å²) in [6.45, 7) is 0. The van der Waals surface area contributed by atoms with E-state index in [4.69, 9.17) is 23.2 Å². The van der Waals surface area contributed by atoms with Crippen molar-refractivity contribution >= 4 is 54.6 Å². The number of anilines is 2. The molecule has 0 unspecified atom stereocenters. The lowest BCUT2D eigenvalue weighted by Crippen LogP contribution is -2.14. The van der Waals surface area contributed by atoms with E-state index >= 15 is 0 Å². The molecule has 10 heteroatoms. The Hall–Kier alpha value is -2.26. The van der Waals surface area contributed by atoms with Crippen LogP contribution in [0.25, 0.3) is 0 Å². The molecular weight excluding hydrogens is 443 g/mol. The number of sulfonamides is 2. The fourth-order valence-corrected chi connectivity index (χ4v) is 4.96. The Kier molecular flexibility index (Phi) is 5.85. The van der Waals surface area contributed by atoms with Crippen molar-refractivity contribution in [3.63, 3.8) is 0 Å². The van der Waals surface area contributed by atoms with Gasteiger partial charge in [-0.2, -0.15) is 0 Å². The molecule has 0 aliphatic rings. The highest BCUT2D eigenvalue weighted by Crippen LogP contribution is 2.28. The molecule has 0 aliphatic carbocycles. The molecule has 0 fully saturated rings. The first kappa shape index (κ1) is 20.5. The van der Waals surface area contributed by atoms with Crippen LogP contribution in [0.1, 0.15) is 0 Å². The van der Waals surface area contributed by atoms with Crippen molar-refractivity contribution < 1.29 is 16.8 Å². The number of nitrogens with one attached hydrogen (secondary N) is 2. The van der Waals surface area contributed by atoms with Gasteiger partial charge in [0.2, 0.25) is 0 Å². The van der Waals surface area contributed by atoms with Gasteiger partial charge in [-0.25, -0.2) is 16.8 Å². The average Bonchev–Trinajstić information content (AvgIpc) is 2.65. The second kappa shape index (κ2) is 8.00. The van der Waals surface area contributed by atoms with E-state index in [0.717, 1.165) is 0 Å². The van der Waals surface area contributed by atoms with Gasteiger partial charge < -0.3 is 0 Å². The number of hydrogen-bond acceptors (Lipinski definition) is 4. The van der Waals surface area contributed by atoms with Gasteiger partial charge in [0, 0.05) is 10.7 Å². The molecule has 3 aromatic carbocycles. The third kappa shape index (κ3) is 4.77. The zero-order valence-electron chi connectivity index (χ0n) is 14.1. The third-order valence-corrected chi connectivity index (χ3v) is 6.97. The molecule has 0 aliphatic heterocycles. The molecule has 0 saturated carbocycles. The van der Waals surface area contributed by atoms with Crippen molar-refractivity contribution in [2.45, 2.75) is 9.79 Å². The lowest BCUT2D eigenvalue weighted by atomic mass is 10.3. The predicted molar refractivity (Wildman–Crippen MR) is 111 cm³/mol. The maximum Gasteiger partial charge on any atom is 0.261 e. The SMILES string of the molecule is O=S(=O)(Nc1ccc(S(=O)(=O)Nc2ccc(Cl)cc2Cl)cc1)c1ccccc1. The highest BCUT2D eigenvalue weighted by atomic mass is 35.5. The van der Waals surface area contributed by atoms with Crippen molar-refractivity contribution in [3.8, 4) is 0 Å². The summed E-state index contributed by atoms with van der Waals surface area (Å²) in [5.74, 6) is 0. The van der Waals surface area contributed by atoms with Crippen LogP contribution in [0.3, 0.4) is 0 Å². The highest BCUT2D eigenvalue weighted by Gasteiger charge is 2.17. The molecule has 0 amide bonds. The first-order valence-electron chi connectivity index (χ1n) is 7.83. The van der Waals surface area contributed by atoms with Crippen molar-refractivity contribution in [1.29, 1.82) is 0 Å². The Bertz CT molecular complexity index is 1200. The molecule has 0 aromatic heterocycles. The van der Waals surface area contributed by atoms with Gasteiger partial charge >= 0.3 is 0 Å². The lowest BCUT2D eigenvalue weighted by molar-refractivity contribution is 0.600. The van der Waals surface area contributed by atoms with E-state index in [-0.39, 0.29) is 26.2 Å². The van der Waals surface area contributed by atoms with Crippen molar-refractivity contribution in [1.82, 2.24) is 0 Å². The maximum atomic E-state index is 12.5. The largest absolute Gasteiger partial charge is 0.280 e. The van der Waals surface area contributed by atoms with Gasteiger partial charge in [-0.05, 0) is 54.6 Å². The summed E-state index contributed by atoms with van der Waals surface area (Å²) in [7, 11) is -7.68. The monoisotopic (exact) mass is 456 g/mol. The smallest absolute Gasteiger partial charge is 0.261 e. The Labute approximate surface area is 173 Å². The summed E-state index contributed by atoms with van der Waals surface area (Å²) in [5, 5.41) is 0.534. The number of hydrogen-bond donors (Lipinski definition) is 2. The summed E-state index contributed by atoms with van der Waals surface area (Å²) in [5.41, 5.74) is 0.409. The minimum atomic E-state index is -3.92. The minimum Gasteiger partial charge on any atom is -0.280 e. The quantitative estimate of drug-likeness (QED) is 0.566. The van der Waals surface area contributed by atoms with Crippen molar-refractivity contribution in [2.75, 3.05) is 9.44 Å².